The van der Waals surface area contributed by atoms with Gasteiger partial charge in [0.15, 0.2) is 4.80 Å². The molecule has 9 nitrogen and oxygen atoms in total. The Morgan fingerprint density at radius 1 is 1.16 bits per heavy atom. The molecule has 37 heavy (non-hydrogen) atoms. The molecule has 0 amide bonds. The molecule has 2 aromatic carbocycles. The van der Waals surface area contributed by atoms with Gasteiger partial charge in [-0.1, -0.05) is 59.0 Å². The molecule has 1 aliphatic heterocycles. The number of hydrogen-bond acceptors (Lipinski definition) is 8. The molecule has 2 N–H and O–H groups in total. The maximum absolute atomic E-state index is 13.6. The minimum atomic E-state index is -0.616. The summed E-state index contributed by atoms with van der Waals surface area (Å²) in [5, 5.41) is 8.09. The molecule has 0 saturated carbocycles. The largest absolute Gasteiger partial charge is 0.463 e. The highest BCUT2D eigenvalue weighted by molar-refractivity contribution is 7.07. The summed E-state index contributed by atoms with van der Waals surface area (Å²) in [6.07, 6.45) is 3.60. The molecule has 1 aliphatic rings. The van der Waals surface area contributed by atoms with E-state index in [0.29, 0.717) is 32.8 Å². The summed E-state index contributed by atoms with van der Waals surface area (Å²) in [5.41, 5.74) is 9.52. The van der Waals surface area contributed by atoms with Crippen molar-refractivity contribution in [1.29, 1.82) is 0 Å². The average molecular weight is 537 g/mol. The maximum Gasteiger partial charge on any atom is 0.338 e. The molecular weight excluding hydrogens is 512 g/mol. The number of allylic oxidation sites excluding steroid dienone is 1. The summed E-state index contributed by atoms with van der Waals surface area (Å²) in [4.78, 5) is 31.7. The summed E-state index contributed by atoms with van der Waals surface area (Å²) in [6.45, 7) is 4.09. The fourth-order valence-corrected chi connectivity index (χ4v) is 5.18. The van der Waals surface area contributed by atoms with Crippen molar-refractivity contribution in [3.8, 4) is 5.69 Å². The summed E-state index contributed by atoms with van der Waals surface area (Å²) in [6, 6.07) is 16.5. The van der Waals surface area contributed by atoms with E-state index in [2.05, 4.69) is 15.3 Å². The van der Waals surface area contributed by atoms with Crippen LogP contribution in [0.15, 0.2) is 81.9 Å². The number of aromatic nitrogens is 4. The topological polar surface area (TPSA) is 117 Å². The van der Waals surface area contributed by atoms with Gasteiger partial charge >= 0.3 is 5.97 Å². The molecule has 0 radical (unpaired) electrons. The van der Waals surface area contributed by atoms with Crippen LogP contribution in [0.25, 0.3) is 11.8 Å². The Labute approximate surface area is 222 Å². The smallest absolute Gasteiger partial charge is 0.338 e. The number of benzene rings is 2. The van der Waals surface area contributed by atoms with E-state index in [-0.39, 0.29) is 24.6 Å². The fraction of sp³-hybridized carbons (Fsp3) is 0.192. The van der Waals surface area contributed by atoms with Gasteiger partial charge in [0.25, 0.3) is 5.56 Å². The number of halogens is 1. The van der Waals surface area contributed by atoms with Gasteiger partial charge in [-0.25, -0.2) is 14.5 Å². The van der Waals surface area contributed by atoms with Crippen LogP contribution in [0.1, 0.15) is 36.7 Å². The van der Waals surface area contributed by atoms with E-state index in [1.807, 2.05) is 60.7 Å². The van der Waals surface area contributed by atoms with Gasteiger partial charge < -0.3 is 10.5 Å². The number of thiazole rings is 1. The predicted octanol–water partition coefficient (Wildman–Crippen LogP) is 2.26. The van der Waals surface area contributed by atoms with E-state index >= 15 is 0 Å². The number of fused-ring (bicyclic) bond motifs is 1. The first kappa shape index (κ1) is 26.2. The highest BCUT2D eigenvalue weighted by Gasteiger charge is 2.33. The van der Waals surface area contributed by atoms with Crippen molar-refractivity contribution in [2.45, 2.75) is 26.4 Å². The molecule has 0 saturated heterocycles. The standard InChI is InChI=1S/C26H24N6O3S.ClH/c1-3-35-25(34)22-16(2)28-26-32(23(22)18-7-5-4-6-8-18)24(33)21(36-26)13-17-9-11-20(12-10-17)31-15-19(14-27)29-30-31;/h4-13,15,23H,3,14,27H2,1-2H3;1H/b21-13-;. The van der Waals surface area contributed by atoms with Gasteiger partial charge in [0.2, 0.25) is 0 Å². The molecule has 1 atom stereocenters. The van der Waals surface area contributed by atoms with Crippen LogP contribution in [-0.2, 0) is 16.1 Å². The number of carbonyl (C=O) groups excluding carboxylic acids is 1. The first-order chi connectivity index (χ1) is 17.5. The Morgan fingerprint density at radius 2 is 1.89 bits per heavy atom. The normalized spacial score (nSPS) is 15.1. The Bertz CT molecular complexity index is 1640. The van der Waals surface area contributed by atoms with Crippen LogP contribution in [0.5, 0.6) is 0 Å². The maximum atomic E-state index is 13.6. The van der Waals surface area contributed by atoms with E-state index in [9.17, 15) is 9.59 Å². The lowest BCUT2D eigenvalue weighted by atomic mass is 9.96. The Hall–Kier alpha value is -3.86. The van der Waals surface area contributed by atoms with E-state index < -0.39 is 12.0 Å². The Morgan fingerprint density at radius 3 is 2.54 bits per heavy atom. The minimum absolute atomic E-state index is 0. The van der Waals surface area contributed by atoms with Gasteiger partial charge in [-0.05, 0) is 43.2 Å². The second-order valence-electron chi connectivity index (χ2n) is 8.16. The highest BCUT2D eigenvalue weighted by Crippen LogP contribution is 2.30. The third kappa shape index (κ3) is 5.04. The second-order valence-corrected chi connectivity index (χ2v) is 9.17. The number of nitrogens with two attached hydrogens (primary N) is 1. The summed E-state index contributed by atoms with van der Waals surface area (Å²) >= 11 is 1.29. The van der Waals surface area contributed by atoms with Crippen LogP contribution in [0.2, 0.25) is 0 Å². The number of esters is 1. The van der Waals surface area contributed by atoms with Crippen LogP contribution >= 0.6 is 23.7 Å². The van der Waals surface area contributed by atoms with E-state index in [1.54, 1.807) is 29.3 Å². The van der Waals surface area contributed by atoms with Gasteiger partial charge in [-0.15, -0.1) is 17.5 Å². The summed E-state index contributed by atoms with van der Waals surface area (Å²) in [5.74, 6) is -0.469. The van der Waals surface area contributed by atoms with Crippen molar-refractivity contribution in [1.82, 2.24) is 19.6 Å². The van der Waals surface area contributed by atoms with Gasteiger partial charge in [0.1, 0.15) is 0 Å². The molecule has 0 spiro atoms. The third-order valence-electron chi connectivity index (χ3n) is 5.84. The Balaban J connectivity index is 0.00000320. The van der Waals surface area contributed by atoms with E-state index in [4.69, 9.17) is 10.5 Å². The quantitative estimate of drug-likeness (QED) is 0.378. The number of nitrogens with zero attached hydrogens (tertiary/aromatic N) is 5. The zero-order chi connectivity index (χ0) is 25.2. The van der Waals surface area contributed by atoms with Crippen molar-refractivity contribution in [2.75, 3.05) is 6.61 Å². The number of ether oxygens (including phenoxy) is 1. The fourth-order valence-electron chi connectivity index (χ4n) is 4.14. The van der Waals surface area contributed by atoms with Gasteiger partial charge in [0.05, 0.1) is 46.0 Å². The van der Waals surface area contributed by atoms with Crippen LogP contribution in [0, 0.1) is 0 Å². The van der Waals surface area contributed by atoms with Crippen LogP contribution in [0.3, 0.4) is 0 Å². The number of rotatable bonds is 6. The zero-order valence-electron chi connectivity index (χ0n) is 20.2. The molecule has 0 fully saturated rings. The van der Waals surface area contributed by atoms with Gasteiger partial charge in [-0.3, -0.25) is 9.36 Å². The number of carbonyl (C=O) groups is 1. The van der Waals surface area contributed by atoms with Gasteiger partial charge in [-0.2, -0.15) is 0 Å². The van der Waals surface area contributed by atoms with Crippen LogP contribution in [0.4, 0.5) is 0 Å². The van der Waals surface area contributed by atoms with E-state index in [0.717, 1.165) is 16.8 Å². The van der Waals surface area contributed by atoms with Crippen molar-refractivity contribution in [3.05, 3.63) is 109 Å². The molecule has 5 rings (SSSR count). The molecule has 0 aliphatic carbocycles. The zero-order valence-corrected chi connectivity index (χ0v) is 21.8. The second kappa shape index (κ2) is 11.0. The van der Waals surface area contributed by atoms with Crippen molar-refractivity contribution < 1.29 is 9.53 Å². The van der Waals surface area contributed by atoms with Gasteiger partial charge in [0, 0.05) is 6.54 Å². The van der Waals surface area contributed by atoms with Crippen molar-refractivity contribution in [3.63, 3.8) is 0 Å². The highest BCUT2D eigenvalue weighted by atomic mass is 35.5. The van der Waals surface area contributed by atoms with Crippen molar-refractivity contribution >= 4 is 35.8 Å². The van der Waals surface area contributed by atoms with E-state index in [1.165, 1.54) is 11.3 Å². The molecule has 1 unspecified atom stereocenters. The molecule has 2 aromatic heterocycles. The van der Waals surface area contributed by atoms with Crippen LogP contribution in [-0.4, -0.2) is 32.1 Å². The molecule has 4 aromatic rings. The molecular formula is C26H25ClN6O3S. The summed E-state index contributed by atoms with van der Waals surface area (Å²) in [7, 11) is 0. The first-order valence-corrected chi connectivity index (χ1v) is 12.3. The van der Waals surface area contributed by atoms with Crippen molar-refractivity contribution in [2.24, 2.45) is 10.7 Å². The minimum Gasteiger partial charge on any atom is -0.463 e. The third-order valence-corrected chi connectivity index (χ3v) is 6.82. The lowest BCUT2D eigenvalue weighted by molar-refractivity contribution is -0.139. The molecule has 0 bridgehead atoms. The first-order valence-electron chi connectivity index (χ1n) is 11.5. The SMILES string of the molecule is CCOC(=O)C1=C(C)N=c2s/c(=C\c3ccc(-n4cc(CN)nn4)cc3)c(=O)n2C1c1ccccc1.Cl. The summed E-state index contributed by atoms with van der Waals surface area (Å²) < 4.78 is 9.08. The lowest BCUT2D eigenvalue weighted by Crippen LogP contribution is -2.39. The average Bonchev–Trinajstić information content (AvgIpc) is 3.49. The molecule has 190 valence electrons. The number of hydrogen-bond donors (Lipinski definition) is 1. The predicted molar refractivity (Wildman–Crippen MR) is 143 cm³/mol. The molecule has 11 heteroatoms. The lowest BCUT2D eigenvalue weighted by Gasteiger charge is -2.24. The Kier molecular flexibility index (Phi) is 7.82. The monoisotopic (exact) mass is 536 g/mol. The molecule has 3 heterocycles. The van der Waals surface area contributed by atoms with Crippen LogP contribution < -0.4 is 20.6 Å².